The molecule has 11 nitrogen and oxygen atoms in total. The Kier molecular flexibility index (Phi) is 8.10. The number of rotatable bonds is 6. The molecule has 2 aromatic carbocycles. The largest absolute Gasteiger partial charge is 0.435 e. The minimum Gasteiger partial charge on any atom is -0.273 e. The van der Waals surface area contributed by atoms with Gasteiger partial charge in [-0.1, -0.05) is 11.3 Å². The predicted molar refractivity (Wildman–Crippen MR) is 123 cm³/mol. The number of nitro benzene ring substituents is 1. The number of benzene rings is 2. The Morgan fingerprint density at radius 3 is 2.32 bits per heavy atom. The third-order valence-corrected chi connectivity index (χ3v) is 5.70. The van der Waals surface area contributed by atoms with Crippen molar-refractivity contribution in [2.75, 3.05) is 11.9 Å². The zero-order valence-electron chi connectivity index (χ0n) is 18.7. The van der Waals surface area contributed by atoms with E-state index in [0.29, 0.717) is 22.6 Å². The number of non-ortho nitro benzene ring substituents is 1. The molecule has 198 valence electrons. The predicted octanol–water partition coefficient (Wildman–Crippen LogP) is 4.10. The lowest BCUT2D eigenvalue weighted by Gasteiger charge is -2.14. The average Bonchev–Trinajstić information content (AvgIpc) is 3.32. The van der Waals surface area contributed by atoms with E-state index in [9.17, 15) is 46.5 Å². The Hall–Kier alpha value is -4.80. The van der Waals surface area contributed by atoms with E-state index in [4.69, 9.17) is 0 Å². The molecule has 2 N–H and O–H groups in total. The van der Waals surface area contributed by atoms with Crippen LogP contribution in [0.15, 0.2) is 47.6 Å². The summed E-state index contributed by atoms with van der Waals surface area (Å²) in [4.78, 5) is 49.7. The van der Waals surface area contributed by atoms with Gasteiger partial charge in [-0.15, -0.1) is 0 Å². The Labute approximate surface area is 212 Å². The number of hydrogen-bond donors (Lipinski definition) is 2. The molecule has 0 aliphatic rings. The number of amides is 4. The van der Waals surface area contributed by atoms with Gasteiger partial charge in [0.25, 0.3) is 17.5 Å². The van der Waals surface area contributed by atoms with E-state index in [-0.39, 0.29) is 17.0 Å². The van der Waals surface area contributed by atoms with Crippen LogP contribution >= 0.6 is 11.3 Å². The molecule has 4 amide bonds. The number of hydrogen-bond acceptors (Lipinski definition) is 8. The lowest BCUT2D eigenvalue weighted by molar-refractivity contribution is -0.384. The fraction of sp³-hybridized carbons (Fsp3) is 0.0952. The molecule has 0 aliphatic carbocycles. The summed E-state index contributed by atoms with van der Waals surface area (Å²) < 4.78 is 66.9. The van der Waals surface area contributed by atoms with Gasteiger partial charge in [-0.3, -0.25) is 29.9 Å². The molecule has 0 spiro atoms. The van der Waals surface area contributed by atoms with Gasteiger partial charge in [-0.05, 0) is 35.9 Å². The third kappa shape index (κ3) is 6.49. The molecular formula is C21H13F5N6O5S. The van der Waals surface area contributed by atoms with Crippen LogP contribution in [0.3, 0.4) is 0 Å². The van der Waals surface area contributed by atoms with Crippen LogP contribution in [-0.4, -0.2) is 41.0 Å². The maximum Gasteiger partial charge on any atom is 0.435 e. The Bertz CT molecular complexity index is 1440. The average molecular weight is 556 g/mol. The zero-order chi connectivity index (χ0) is 28.2. The van der Waals surface area contributed by atoms with E-state index in [0.717, 1.165) is 31.5 Å². The molecule has 0 atom stereocenters. The maximum absolute atomic E-state index is 13.5. The van der Waals surface area contributed by atoms with Crippen LogP contribution < -0.4 is 15.6 Å². The number of nitrogens with one attached hydrogen (secondary N) is 2. The number of carbonyl (C=O) groups excluding carboxylic acids is 3. The normalized spacial score (nSPS) is 11.3. The lowest BCUT2D eigenvalue weighted by Crippen LogP contribution is -2.40. The molecule has 38 heavy (non-hydrogen) atoms. The van der Waals surface area contributed by atoms with Gasteiger partial charge in [0, 0.05) is 24.7 Å². The number of halogens is 5. The van der Waals surface area contributed by atoms with Crippen LogP contribution in [0, 0.1) is 21.7 Å². The molecule has 17 heteroatoms. The highest BCUT2D eigenvalue weighted by Gasteiger charge is 2.40. The van der Waals surface area contributed by atoms with Gasteiger partial charge in [0.2, 0.25) is 0 Å². The summed E-state index contributed by atoms with van der Waals surface area (Å²) in [5.41, 5.74) is -0.120. The summed E-state index contributed by atoms with van der Waals surface area (Å²) in [7, 11) is 0.960. The van der Waals surface area contributed by atoms with E-state index in [1.54, 1.807) is 5.32 Å². The van der Waals surface area contributed by atoms with Crippen molar-refractivity contribution in [1.29, 1.82) is 0 Å². The number of nitrogens with zero attached hydrogens (tertiary/aromatic N) is 4. The van der Waals surface area contributed by atoms with Crippen molar-refractivity contribution in [2.45, 2.75) is 6.18 Å². The molecule has 0 bridgehead atoms. The first-order valence-electron chi connectivity index (χ1n) is 9.98. The standard InChI is InChI=1S/C21H13F5N6O5S/c1-31(19(35)29-17(33)11-4-7-13(22)14(23)8-11)20-28-16(21(24,25)26)15(38-20)18(34)30-27-9-10-2-5-12(6-3-10)32(36)37/h2-9H,1H3,(H,30,34)(H,29,33,35)/b27-9+. The minimum atomic E-state index is -5.11. The molecule has 0 radical (unpaired) electrons. The van der Waals surface area contributed by atoms with Crippen molar-refractivity contribution >= 4 is 46.2 Å². The second kappa shape index (κ2) is 11.1. The number of hydrazone groups is 1. The number of anilines is 1. The maximum atomic E-state index is 13.5. The first-order valence-corrected chi connectivity index (χ1v) is 10.8. The summed E-state index contributed by atoms with van der Waals surface area (Å²) in [5.74, 6) is -5.10. The van der Waals surface area contributed by atoms with Crippen LogP contribution in [0.5, 0.6) is 0 Å². The summed E-state index contributed by atoms with van der Waals surface area (Å²) in [6, 6.07) is 5.64. The minimum absolute atomic E-state index is 0.162. The Morgan fingerprint density at radius 1 is 1.08 bits per heavy atom. The fourth-order valence-corrected chi connectivity index (χ4v) is 3.61. The van der Waals surface area contributed by atoms with Crippen molar-refractivity contribution < 1.29 is 41.3 Å². The first-order chi connectivity index (χ1) is 17.8. The van der Waals surface area contributed by atoms with E-state index >= 15 is 0 Å². The second-order valence-electron chi connectivity index (χ2n) is 7.17. The molecule has 0 aliphatic heterocycles. The van der Waals surface area contributed by atoms with Gasteiger partial charge in [-0.25, -0.2) is 24.0 Å². The van der Waals surface area contributed by atoms with Gasteiger partial charge < -0.3 is 0 Å². The third-order valence-electron chi connectivity index (χ3n) is 4.57. The highest BCUT2D eigenvalue weighted by atomic mass is 32.1. The summed E-state index contributed by atoms with van der Waals surface area (Å²) in [5, 5.41) is 15.3. The number of urea groups is 1. The molecular weight excluding hydrogens is 543 g/mol. The highest BCUT2D eigenvalue weighted by molar-refractivity contribution is 7.17. The molecule has 0 saturated carbocycles. The van der Waals surface area contributed by atoms with Crippen molar-refractivity contribution in [3.05, 3.63) is 85.9 Å². The number of aromatic nitrogens is 1. The van der Waals surface area contributed by atoms with Crippen molar-refractivity contribution in [3.8, 4) is 0 Å². The van der Waals surface area contributed by atoms with E-state index in [1.807, 2.05) is 5.43 Å². The number of nitro groups is 1. The molecule has 0 unspecified atom stereocenters. The Balaban J connectivity index is 1.76. The van der Waals surface area contributed by atoms with Crippen molar-refractivity contribution in [3.63, 3.8) is 0 Å². The summed E-state index contributed by atoms with van der Waals surface area (Å²) in [6.45, 7) is 0. The van der Waals surface area contributed by atoms with Gasteiger partial charge >= 0.3 is 12.2 Å². The van der Waals surface area contributed by atoms with Crippen molar-refractivity contribution in [2.24, 2.45) is 5.10 Å². The number of alkyl halides is 3. The summed E-state index contributed by atoms with van der Waals surface area (Å²) >= 11 is 0.162. The molecule has 1 heterocycles. The van der Waals surface area contributed by atoms with Crippen LogP contribution in [0.25, 0.3) is 0 Å². The molecule has 0 fully saturated rings. The topological polar surface area (TPSA) is 147 Å². The van der Waals surface area contributed by atoms with E-state index < -0.39 is 61.8 Å². The monoisotopic (exact) mass is 556 g/mol. The number of carbonyl (C=O) groups is 3. The fourth-order valence-electron chi connectivity index (χ4n) is 2.67. The number of imide groups is 1. The number of thiazole rings is 1. The lowest BCUT2D eigenvalue weighted by atomic mass is 10.2. The van der Waals surface area contributed by atoms with Crippen molar-refractivity contribution in [1.82, 2.24) is 15.7 Å². The first kappa shape index (κ1) is 27.8. The van der Waals surface area contributed by atoms with Crippen LogP contribution in [-0.2, 0) is 6.18 Å². The van der Waals surface area contributed by atoms with Gasteiger partial charge in [-0.2, -0.15) is 18.3 Å². The SMILES string of the molecule is CN(C(=O)NC(=O)c1ccc(F)c(F)c1)c1nc(C(F)(F)F)c(C(=O)N/N=C/c2ccc([N+](=O)[O-])cc2)s1. The van der Waals surface area contributed by atoms with E-state index in [1.165, 1.54) is 12.1 Å². The Morgan fingerprint density at radius 2 is 1.74 bits per heavy atom. The summed E-state index contributed by atoms with van der Waals surface area (Å²) in [6.07, 6.45) is -4.08. The zero-order valence-corrected chi connectivity index (χ0v) is 19.6. The van der Waals surface area contributed by atoms with E-state index in [2.05, 4.69) is 10.1 Å². The molecule has 1 aromatic heterocycles. The molecule has 3 aromatic rings. The smallest absolute Gasteiger partial charge is 0.273 e. The van der Waals surface area contributed by atoms with Crippen LogP contribution in [0.2, 0.25) is 0 Å². The van der Waals surface area contributed by atoms with Gasteiger partial charge in [0.1, 0.15) is 4.88 Å². The quantitative estimate of drug-likeness (QED) is 0.202. The highest BCUT2D eigenvalue weighted by Crippen LogP contribution is 2.37. The van der Waals surface area contributed by atoms with Gasteiger partial charge in [0.05, 0.1) is 11.1 Å². The van der Waals surface area contributed by atoms with Crippen LogP contribution in [0.1, 0.15) is 31.3 Å². The molecule has 0 saturated heterocycles. The second-order valence-corrected chi connectivity index (χ2v) is 8.14. The van der Waals surface area contributed by atoms with Crippen LogP contribution in [0.4, 0.5) is 37.6 Å². The molecule has 3 rings (SSSR count). The van der Waals surface area contributed by atoms with Gasteiger partial charge in [0.15, 0.2) is 22.5 Å².